The lowest BCUT2D eigenvalue weighted by Crippen LogP contribution is -2.38. The van der Waals surface area contributed by atoms with Crippen LogP contribution in [0.5, 0.6) is 0 Å². The summed E-state index contributed by atoms with van der Waals surface area (Å²) in [6.07, 6.45) is 5.03. The minimum atomic E-state index is -0.415. The minimum absolute atomic E-state index is 0.415. The molecule has 2 rings (SSSR count). The van der Waals surface area contributed by atoms with E-state index in [9.17, 15) is 5.11 Å². The molecule has 1 aromatic carbocycles. The van der Waals surface area contributed by atoms with Gasteiger partial charge in [0.1, 0.15) is 0 Å². The predicted molar refractivity (Wildman–Crippen MR) is 71.9 cm³/mol. The average molecular weight is 232 g/mol. The molecule has 1 N–H and O–H groups in total. The highest BCUT2D eigenvalue weighted by Gasteiger charge is 2.35. The lowest BCUT2D eigenvalue weighted by molar-refractivity contribution is -0.0347. The topological polar surface area (TPSA) is 20.2 Å². The number of aryl methyl sites for hydroxylation is 1. The second-order valence-electron chi connectivity index (χ2n) is 5.91. The van der Waals surface area contributed by atoms with Crippen molar-refractivity contribution in [2.45, 2.75) is 51.6 Å². The summed E-state index contributed by atoms with van der Waals surface area (Å²) in [6, 6.07) is 10.5. The Labute approximate surface area is 105 Å². The van der Waals surface area contributed by atoms with Gasteiger partial charge in [-0.05, 0) is 49.5 Å². The number of aliphatic hydroxyl groups is 1. The molecular weight excluding hydrogens is 208 g/mol. The van der Waals surface area contributed by atoms with Gasteiger partial charge in [0.15, 0.2) is 0 Å². The van der Waals surface area contributed by atoms with E-state index in [1.54, 1.807) is 0 Å². The van der Waals surface area contributed by atoms with Crippen LogP contribution in [0.25, 0.3) is 0 Å². The van der Waals surface area contributed by atoms with E-state index in [4.69, 9.17) is 0 Å². The Morgan fingerprint density at radius 2 is 1.88 bits per heavy atom. The maximum absolute atomic E-state index is 10.6. The summed E-state index contributed by atoms with van der Waals surface area (Å²) < 4.78 is 0. The molecule has 1 heteroatoms. The Balaban J connectivity index is 1.90. The maximum Gasteiger partial charge on any atom is 0.0653 e. The van der Waals surface area contributed by atoms with Gasteiger partial charge in [-0.25, -0.2) is 0 Å². The van der Waals surface area contributed by atoms with E-state index in [-0.39, 0.29) is 0 Å². The van der Waals surface area contributed by atoms with Gasteiger partial charge in [-0.15, -0.1) is 0 Å². The van der Waals surface area contributed by atoms with Crippen LogP contribution in [0.4, 0.5) is 0 Å². The van der Waals surface area contributed by atoms with Crippen molar-refractivity contribution in [2.75, 3.05) is 0 Å². The molecular formula is C16H24O. The zero-order chi connectivity index (χ0) is 12.3. The summed E-state index contributed by atoms with van der Waals surface area (Å²) in [5, 5.41) is 10.6. The fraction of sp³-hybridized carbons (Fsp3) is 0.625. The first-order valence-electron chi connectivity index (χ1n) is 6.85. The molecule has 0 spiro atoms. The van der Waals surface area contributed by atoms with Gasteiger partial charge in [0.2, 0.25) is 0 Å². The van der Waals surface area contributed by atoms with Crippen molar-refractivity contribution < 1.29 is 5.11 Å². The number of hydrogen-bond donors (Lipinski definition) is 1. The van der Waals surface area contributed by atoms with Gasteiger partial charge < -0.3 is 5.11 Å². The van der Waals surface area contributed by atoms with Crippen molar-refractivity contribution >= 4 is 0 Å². The van der Waals surface area contributed by atoms with Crippen LogP contribution in [0.1, 0.15) is 45.1 Å². The lowest BCUT2D eigenvalue weighted by Gasteiger charge is -2.39. The van der Waals surface area contributed by atoms with E-state index >= 15 is 0 Å². The molecule has 17 heavy (non-hydrogen) atoms. The molecule has 0 amide bonds. The van der Waals surface area contributed by atoms with E-state index in [2.05, 4.69) is 38.1 Å². The summed E-state index contributed by atoms with van der Waals surface area (Å²) >= 11 is 0. The van der Waals surface area contributed by atoms with Crippen molar-refractivity contribution in [3.63, 3.8) is 0 Å². The van der Waals surface area contributed by atoms with E-state index in [0.29, 0.717) is 5.92 Å². The van der Waals surface area contributed by atoms with Crippen LogP contribution in [0.2, 0.25) is 0 Å². The lowest BCUT2D eigenvalue weighted by atomic mass is 9.71. The van der Waals surface area contributed by atoms with E-state index in [0.717, 1.165) is 31.6 Å². The molecule has 0 radical (unpaired) electrons. The summed E-state index contributed by atoms with van der Waals surface area (Å²) in [5.74, 6) is 1.43. The third kappa shape index (κ3) is 3.32. The first-order chi connectivity index (χ1) is 8.09. The van der Waals surface area contributed by atoms with Gasteiger partial charge >= 0.3 is 0 Å². The molecule has 1 nitrogen and oxygen atoms in total. The van der Waals surface area contributed by atoms with Crippen LogP contribution in [0, 0.1) is 11.8 Å². The van der Waals surface area contributed by atoms with Crippen LogP contribution in [0.3, 0.4) is 0 Å². The molecule has 0 heterocycles. The van der Waals surface area contributed by atoms with E-state index < -0.39 is 5.60 Å². The van der Waals surface area contributed by atoms with Crippen molar-refractivity contribution in [2.24, 2.45) is 11.8 Å². The normalized spacial score (nSPS) is 33.6. The Bertz CT molecular complexity index is 346. The van der Waals surface area contributed by atoms with Crippen LogP contribution >= 0.6 is 0 Å². The number of rotatable bonds is 3. The fourth-order valence-corrected chi connectivity index (χ4v) is 2.93. The molecule has 0 saturated heterocycles. The van der Waals surface area contributed by atoms with Crippen molar-refractivity contribution in [3.05, 3.63) is 35.9 Å². The monoisotopic (exact) mass is 232 g/mol. The molecule has 0 aliphatic heterocycles. The van der Waals surface area contributed by atoms with Crippen molar-refractivity contribution in [3.8, 4) is 0 Å². The maximum atomic E-state index is 10.6. The summed E-state index contributed by atoms with van der Waals surface area (Å²) in [4.78, 5) is 0. The zero-order valence-electron chi connectivity index (χ0n) is 11.0. The Morgan fingerprint density at radius 3 is 2.53 bits per heavy atom. The highest BCUT2D eigenvalue weighted by molar-refractivity contribution is 5.15. The molecule has 0 bridgehead atoms. The van der Waals surface area contributed by atoms with Gasteiger partial charge in [-0.1, -0.05) is 44.2 Å². The Morgan fingerprint density at radius 1 is 1.18 bits per heavy atom. The van der Waals surface area contributed by atoms with Crippen molar-refractivity contribution in [1.29, 1.82) is 0 Å². The molecule has 1 aliphatic carbocycles. The highest BCUT2D eigenvalue weighted by atomic mass is 16.3. The smallest absolute Gasteiger partial charge is 0.0653 e. The second kappa shape index (κ2) is 5.22. The van der Waals surface area contributed by atoms with Crippen LogP contribution in [0.15, 0.2) is 30.3 Å². The molecule has 1 aliphatic rings. The molecule has 0 aromatic heterocycles. The predicted octanol–water partition coefficient (Wildman–Crippen LogP) is 3.81. The van der Waals surface area contributed by atoms with Crippen LogP contribution in [-0.4, -0.2) is 10.7 Å². The van der Waals surface area contributed by atoms with Gasteiger partial charge in [-0.3, -0.25) is 0 Å². The van der Waals surface area contributed by atoms with Gasteiger partial charge in [0, 0.05) is 0 Å². The SMILES string of the molecule is CC1CCC(O)(CCc2ccccc2)CC1C. The first kappa shape index (κ1) is 12.6. The largest absolute Gasteiger partial charge is 0.390 e. The van der Waals surface area contributed by atoms with Gasteiger partial charge in [0.05, 0.1) is 5.60 Å². The van der Waals surface area contributed by atoms with Crippen molar-refractivity contribution in [1.82, 2.24) is 0 Å². The summed E-state index contributed by atoms with van der Waals surface area (Å²) in [7, 11) is 0. The Hall–Kier alpha value is -0.820. The third-order valence-electron chi connectivity index (χ3n) is 4.46. The van der Waals surface area contributed by atoms with Gasteiger partial charge in [0.25, 0.3) is 0 Å². The fourth-order valence-electron chi connectivity index (χ4n) is 2.93. The van der Waals surface area contributed by atoms with Crippen LogP contribution in [-0.2, 0) is 6.42 Å². The number of hydrogen-bond acceptors (Lipinski definition) is 1. The summed E-state index contributed by atoms with van der Waals surface area (Å²) in [6.45, 7) is 4.58. The molecule has 1 saturated carbocycles. The quantitative estimate of drug-likeness (QED) is 0.840. The van der Waals surface area contributed by atoms with Crippen LogP contribution < -0.4 is 0 Å². The molecule has 3 unspecified atom stereocenters. The number of benzene rings is 1. The average Bonchev–Trinajstić information content (AvgIpc) is 2.34. The van der Waals surface area contributed by atoms with Gasteiger partial charge in [-0.2, -0.15) is 0 Å². The zero-order valence-corrected chi connectivity index (χ0v) is 11.0. The summed E-state index contributed by atoms with van der Waals surface area (Å²) in [5.41, 5.74) is 0.925. The Kier molecular flexibility index (Phi) is 3.88. The standard InChI is InChI=1S/C16H24O/c1-13-8-10-16(17,12-14(13)2)11-9-15-6-4-3-5-7-15/h3-7,13-14,17H,8-12H2,1-2H3. The van der Waals surface area contributed by atoms with E-state index in [1.807, 2.05) is 6.07 Å². The molecule has 94 valence electrons. The first-order valence-corrected chi connectivity index (χ1v) is 6.85. The molecule has 3 atom stereocenters. The second-order valence-corrected chi connectivity index (χ2v) is 5.91. The third-order valence-corrected chi connectivity index (χ3v) is 4.46. The van der Waals surface area contributed by atoms with E-state index in [1.165, 1.54) is 12.0 Å². The highest BCUT2D eigenvalue weighted by Crippen LogP contribution is 2.38. The minimum Gasteiger partial charge on any atom is -0.390 e. The molecule has 1 fully saturated rings. The molecule has 1 aromatic rings.